The maximum Gasteiger partial charge on any atom is 0.409 e. The monoisotopic (exact) mass is 572 g/mol. The minimum atomic E-state index is -0.669. The summed E-state index contributed by atoms with van der Waals surface area (Å²) >= 11 is 3.37. The van der Waals surface area contributed by atoms with Gasteiger partial charge in [0.2, 0.25) is 5.91 Å². The third-order valence-corrected chi connectivity index (χ3v) is 7.26. The zero-order valence-electron chi connectivity index (χ0n) is 22.8. The van der Waals surface area contributed by atoms with Gasteiger partial charge in [-0.05, 0) is 48.8 Å². The summed E-state index contributed by atoms with van der Waals surface area (Å²) in [5, 5.41) is 3.09. The lowest BCUT2D eigenvalue weighted by Gasteiger charge is -2.33. The lowest BCUT2D eigenvalue weighted by molar-refractivity contribution is -0.122. The molecule has 2 aromatic carbocycles. The van der Waals surface area contributed by atoms with Gasteiger partial charge in [0.05, 0.1) is 17.2 Å². The fraction of sp³-hybridized carbons (Fsp3) is 0.500. The fourth-order valence-electron chi connectivity index (χ4n) is 4.60. The van der Waals surface area contributed by atoms with E-state index in [9.17, 15) is 14.4 Å². The topological polar surface area (TPSA) is 75.7 Å². The Bertz CT molecular complexity index is 1040. The van der Waals surface area contributed by atoms with Crippen molar-refractivity contribution in [1.29, 1.82) is 0 Å². The highest BCUT2D eigenvalue weighted by Gasteiger charge is 2.35. The van der Waals surface area contributed by atoms with E-state index in [-0.39, 0.29) is 35.1 Å². The molecule has 2 aromatic rings. The van der Waals surface area contributed by atoms with Gasteiger partial charge in [-0.2, -0.15) is 0 Å². The van der Waals surface area contributed by atoms with E-state index in [1.54, 1.807) is 11.9 Å². The number of hydrogen-bond acceptors (Lipinski definition) is 4. The number of ketones is 1. The predicted octanol–water partition coefficient (Wildman–Crippen LogP) is 6.05. The van der Waals surface area contributed by atoms with Crippen molar-refractivity contribution >= 4 is 33.7 Å². The van der Waals surface area contributed by atoms with Gasteiger partial charge in [-0.1, -0.05) is 90.8 Å². The molecule has 0 fully saturated rings. The first kappa shape index (κ1) is 30.6. The molecule has 1 unspecified atom stereocenters. The molecule has 0 saturated heterocycles. The predicted molar refractivity (Wildman–Crippen MR) is 152 cm³/mol. The molecule has 0 saturated carbocycles. The van der Waals surface area contributed by atoms with E-state index < -0.39 is 5.41 Å². The van der Waals surface area contributed by atoms with Gasteiger partial charge in [-0.15, -0.1) is 0 Å². The average Bonchev–Trinajstić information content (AvgIpc) is 2.87. The Hall–Kier alpha value is -2.67. The van der Waals surface area contributed by atoms with Crippen LogP contribution in [-0.2, 0) is 32.8 Å². The number of likely N-dealkylation sites (N-methyl/N-ethyl adjacent to an activating group) is 1. The molecule has 1 N–H and O–H groups in total. The van der Waals surface area contributed by atoms with Gasteiger partial charge >= 0.3 is 6.09 Å². The summed E-state index contributed by atoms with van der Waals surface area (Å²) in [4.78, 5) is 39.3. The second kappa shape index (κ2) is 14.3. The molecule has 0 heterocycles. The quantitative estimate of drug-likeness (QED) is 0.279. The number of Topliss-reactive ketones (excluding diaryl/α,β-unsaturated/α-hetero) is 1. The summed E-state index contributed by atoms with van der Waals surface area (Å²) in [6.45, 7) is 9.53. The molecule has 0 radical (unpaired) electrons. The van der Waals surface area contributed by atoms with E-state index in [4.69, 9.17) is 4.74 Å². The summed E-state index contributed by atoms with van der Waals surface area (Å²) in [5.74, 6) is 0.0865. The molecule has 0 aliphatic carbocycles. The number of ether oxygens (including phenoxy) is 1. The summed E-state index contributed by atoms with van der Waals surface area (Å²) < 4.78 is 5.46. The van der Waals surface area contributed by atoms with Crippen molar-refractivity contribution in [3.05, 3.63) is 71.3 Å². The minimum absolute atomic E-state index is 0.0265. The Balaban J connectivity index is 1.99. The van der Waals surface area contributed by atoms with Crippen molar-refractivity contribution in [2.24, 2.45) is 5.41 Å². The SMILES string of the molecule is CCNC(=O)Cc1cccc(C(C)(CCCC(C)(C)CN(C)C(=O)OCc2ccccc2)C(=O)CBr)c1. The van der Waals surface area contributed by atoms with Gasteiger partial charge in [0.15, 0.2) is 5.78 Å². The number of benzene rings is 2. The van der Waals surface area contributed by atoms with Gasteiger partial charge in [-0.3, -0.25) is 9.59 Å². The van der Waals surface area contributed by atoms with Crippen molar-refractivity contribution in [3.8, 4) is 0 Å². The zero-order chi connectivity index (χ0) is 27.5. The van der Waals surface area contributed by atoms with Gasteiger partial charge in [0, 0.05) is 20.1 Å². The van der Waals surface area contributed by atoms with Crippen LogP contribution in [0.1, 0.15) is 63.6 Å². The normalized spacial score (nSPS) is 12.9. The van der Waals surface area contributed by atoms with E-state index in [0.29, 0.717) is 25.9 Å². The van der Waals surface area contributed by atoms with Crippen molar-refractivity contribution in [1.82, 2.24) is 10.2 Å². The first-order chi connectivity index (χ1) is 17.5. The highest BCUT2D eigenvalue weighted by atomic mass is 79.9. The lowest BCUT2D eigenvalue weighted by atomic mass is 9.73. The molecule has 0 aliphatic heterocycles. The van der Waals surface area contributed by atoms with Crippen LogP contribution in [0.15, 0.2) is 54.6 Å². The Kier molecular flexibility index (Phi) is 11.8. The number of nitrogens with one attached hydrogen (secondary N) is 1. The third-order valence-electron chi connectivity index (χ3n) is 6.75. The smallest absolute Gasteiger partial charge is 0.409 e. The largest absolute Gasteiger partial charge is 0.445 e. The first-order valence-corrected chi connectivity index (χ1v) is 14.0. The van der Waals surface area contributed by atoms with Gasteiger partial charge in [0.1, 0.15) is 6.61 Å². The van der Waals surface area contributed by atoms with Crippen molar-refractivity contribution < 1.29 is 19.1 Å². The molecule has 2 amide bonds. The minimum Gasteiger partial charge on any atom is -0.445 e. The van der Waals surface area contributed by atoms with E-state index in [2.05, 4.69) is 35.1 Å². The molecule has 1 atom stereocenters. The first-order valence-electron chi connectivity index (χ1n) is 12.9. The summed E-state index contributed by atoms with van der Waals surface area (Å²) in [6.07, 6.45) is 2.27. The Labute approximate surface area is 230 Å². The summed E-state index contributed by atoms with van der Waals surface area (Å²) in [7, 11) is 1.76. The molecule has 7 heteroatoms. The summed E-state index contributed by atoms with van der Waals surface area (Å²) in [5.41, 5.74) is 1.96. The molecule has 37 heavy (non-hydrogen) atoms. The lowest BCUT2D eigenvalue weighted by Crippen LogP contribution is -2.37. The molecular formula is C30H41BrN2O4. The van der Waals surface area contributed by atoms with E-state index in [1.807, 2.05) is 68.4 Å². The molecule has 6 nitrogen and oxygen atoms in total. The van der Waals surface area contributed by atoms with Crippen LogP contribution in [0, 0.1) is 5.41 Å². The van der Waals surface area contributed by atoms with Gasteiger partial charge < -0.3 is 15.0 Å². The van der Waals surface area contributed by atoms with Gasteiger partial charge in [-0.25, -0.2) is 4.79 Å². The van der Waals surface area contributed by atoms with E-state index in [1.165, 1.54) is 0 Å². The van der Waals surface area contributed by atoms with Crippen LogP contribution in [0.2, 0.25) is 0 Å². The number of carbonyl (C=O) groups excluding carboxylic acids is 3. The van der Waals surface area contributed by atoms with Crippen molar-refractivity contribution in [3.63, 3.8) is 0 Å². The molecule has 0 bridgehead atoms. The van der Waals surface area contributed by atoms with Gasteiger partial charge in [0.25, 0.3) is 0 Å². The van der Waals surface area contributed by atoms with Crippen LogP contribution < -0.4 is 5.32 Å². The maximum absolute atomic E-state index is 13.1. The molecular weight excluding hydrogens is 532 g/mol. The second-order valence-corrected chi connectivity index (χ2v) is 11.2. The molecule has 0 aromatic heterocycles. The Morgan fingerprint density at radius 2 is 1.65 bits per heavy atom. The van der Waals surface area contributed by atoms with Crippen LogP contribution >= 0.6 is 15.9 Å². The third kappa shape index (κ3) is 9.62. The molecule has 202 valence electrons. The van der Waals surface area contributed by atoms with Crippen LogP contribution in [0.25, 0.3) is 0 Å². The number of hydrogen-bond donors (Lipinski definition) is 1. The Morgan fingerprint density at radius 3 is 2.30 bits per heavy atom. The van der Waals surface area contributed by atoms with Crippen LogP contribution in [0.5, 0.6) is 0 Å². The number of halogens is 1. The maximum atomic E-state index is 13.1. The fourth-order valence-corrected chi connectivity index (χ4v) is 5.22. The molecule has 0 spiro atoms. The van der Waals surface area contributed by atoms with Crippen LogP contribution in [0.3, 0.4) is 0 Å². The molecule has 2 rings (SSSR count). The zero-order valence-corrected chi connectivity index (χ0v) is 24.4. The van der Waals surface area contributed by atoms with E-state index >= 15 is 0 Å². The second-order valence-electron chi connectivity index (χ2n) is 10.6. The van der Waals surface area contributed by atoms with Crippen molar-refractivity contribution in [2.45, 2.75) is 65.4 Å². The highest BCUT2D eigenvalue weighted by Crippen LogP contribution is 2.35. The highest BCUT2D eigenvalue weighted by molar-refractivity contribution is 9.09. The Morgan fingerprint density at radius 1 is 0.973 bits per heavy atom. The number of nitrogens with zero attached hydrogens (tertiary/aromatic N) is 1. The summed E-state index contributed by atoms with van der Waals surface area (Å²) in [6, 6.07) is 17.4. The number of alkyl halides is 1. The van der Waals surface area contributed by atoms with Crippen molar-refractivity contribution in [2.75, 3.05) is 25.5 Å². The van der Waals surface area contributed by atoms with E-state index in [0.717, 1.165) is 29.5 Å². The number of rotatable bonds is 14. The standard InChI is InChI=1S/C30H41BrN2O4/c1-6-32-27(35)19-24-14-10-15-25(18-24)30(4,26(34)20-31)17-11-16-29(2,3)22-33(5)28(36)37-21-23-12-8-7-9-13-23/h7-10,12-15,18H,6,11,16-17,19-22H2,1-5H3,(H,32,35). The molecule has 0 aliphatic rings. The number of carbonyl (C=O) groups is 3. The number of amides is 2. The van der Waals surface area contributed by atoms with Crippen LogP contribution in [0.4, 0.5) is 4.79 Å². The van der Waals surface area contributed by atoms with Crippen LogP contribution in [-0.4, -0.2) is 48.2 Å². The average molecular weight is 574 g/mol.